The van der Waals surface area contributed by atoms with Crippen molar-refractivity contribution >= 4 is 5.91 Å². The van der Waals surface area contributed by atoms with Gasteiger partial charge in [0.25, 0.3) is 5.91 Å². The number of nitrogens with zero attached hydrogens (tertiary/aromatic N) is 2. The Hall–Kier alpha value is -2.14. The zero-order valence-electron chi connectivity index (χ0n) is 15.7. The molecule has 1 aromatic heterocycles. The second kappa shape index (κ2) is 8.04. The van der Waals surface area contributed by atoms with Crippen LogP contribution >= 0.6 is 0 Å². The van der Waals surface area contributed by atoms with Gasteiger partial charge in [0, 0.05) is 37.3 Å². The quantitative estimate of drug-likeness (QED) is 0.801. The van der Waals surface area contributed by atoms with Crippen molar-refractivity contribution in [1.29, 1.82) is 0 Å². The molecule has 1 aliphatic carbocycles. The van der Waals surface area contributed by atoms with Gasteiger partial charge in [-0.3, -0.25) is 4.79 Å². The number of benzene rings is 1. The zero-order chi connectivity index (χ0) is 18.6. The van der Waals surface area contributed by atoms with Crippen molar-refractivity contribution in [3.8, 4) is 0 Å². The van der Waals surface area contributed by atoms with Gasteiger partial charge in [0.05, 0.1) is 0 Å². The molecule has 140 valence electrons. The third kappa shape index (κ3) is 3.68. The molecule has 1 saturated carbocycles. The van der Waals surface area contributed by atoms with Crippen LogP contribution in [0.3, 0.4) is 0 Å². The fourth-order valence-electron chi connectivity index (χ4n) is 4.02. The molecule has 0 spiro atoms. The molecule has 5 nitrogen and oxygen atoms in total. The van der Waals surface area contributed by atoms with E-state index in [-0.39, 0.29) is 11.8 Å². The predicted molar refractivity (Wildman–Crippen MR) is 102 cm³/mol. The molecule has 1 heterocycles. The van der Waals surface area contributed by atoms with Crippen LogP contribution in [0, 0.1) is 5.92 Å². The van der Waals surface area contributed by atoms with Crippen LogP contribution in [0.4, 0.5) is 0 Å². The number of imidazole rings is 1. The second-order valence-corrected chi connectivity index (χ2v) is 7.50. The van der Waals surface area contributed by atoms with E-state index in [4.69, 9.17) is 0 Å². The number of rotatable bonds is 7. The van der Waals surface area contributed by atoms with Crippen molar-refractivity contribution in [1.82, 2.24) is 14.9 Å². The van der Waals surface area contributed by atoms with E-state index in [1.54, 1.807) is 6.20 Å². The smallest absolute Gasteiger partial charge is 0.256 e. The van der Waals surface area contributed by atoms with Gasteiger partial charge in [0.2, 0.25) is 0 Å². The third-order valence-electron chi connectivity index (χ3n) is 5.41. The Bertz CT molecular complexity index is 720. The summed E-state index contributed by atoms with van der Waals surface area (Å²) in [6.45, 7) is 5.32. The summed E-state index contributed by atoms with van der Waals surface area (Å²) in [6.07, 6.45) is 7.63. The first-order chi connectivity index (χ1) is 12.5. The van der Waals surface area contributed by atoms with E-state index < -0.39 is 5.60 Å². The minimum absolute atomic E-state index is 0.0237. The molecule has 2 N–H and O–H groups in total. The highest BCUT2D eigenvalue weighted by molar-refractivity contribution is 5.86. The number of nitrogens with one attached hydrogen (secondary N) is 1. The molecular formula is C21H29N3O2. The Balaban J connectivity index is 1.71. The van der Waals surface area contributed by atoms with Crippen LogP contribution in [0.2, 0.25) is 0 Å². The topological polar surface area (TPSA) is 67.2 Å². The van der Waals surface area contributed by atoms with Gasteiger partial charge in [0.15, 0.2) is 5.60 Å². The Kier molecular flexibility index (Phi) is 5.77. The summed E-state index contributed by atoms with van der Waals surface area (Å²) >= 11 is 0. The van der Waals surface area contributed by atoms with Crippen molar-refractivity contribution in [2.24, 2.45) is 5.92 Å². The zero-order valence-corrected chi connectivity index (χ0v) is 15.7. The fraction of sp³-hybridized carbons (Fsp3) is 0.524. The number of aromatic nitrogens is 2. The summed E-state index contributed by atoms with van der Waals surface area (Å²) < 4.78 is 2.06. The predicted octanol–water partition coefficient (Wildman–Crippen LogP) is 3.20. The molecule has 1 aliphatic rings. The minimum atomic E-state index is -1.45. The van der Waals surface area contributed by atoms with Crippen LogP contribution in [0.5, 0.6) is 0 Å². The lowest BCUT2D eigenvalue weighted by molar-refractivity contribution is -0.147. The van der Waals surface area contributed by atoms with Gasteiger partial charge in [0.1, 0.15) is 5.82 Å². The summed E-state index contributed by atoms with van der Waals surface area (Å²) in [5.74, 6) is 1.03. The standard InChI is InChI=1S/C21H29N3O2/c1-16(2)19-22-12-14-24(19)15-13-23-20(25)21(26,18-10-6-7-11-18)17-8-4-3-5-9-17/h3-5,8-9,12,14,16,18,26H,6-7,10-11,13,15H2,1-2H3,(H,23,25). The lowest BCUT2D eigenvalue weighted by Gasteiger charge is -2.33. The summed E-state index contributed by atoms with van der Waals surface area (Å²) in [5.41, 5.74) is -0.761. The van der Waals surface area contributed by atoms with Crippen molar-refractivity contribution in [2.45, 2.75) is 57.6 Å². The largest absolute Gasteiger partial charge is 0.375 e. The molecule has 3 rings (SSSR count). The average molecular weight is 355 g/mol. The van der Waals surface area contributed by atoms with Gasteiger partial charge in [-0.25, -0.2) is 4.98 Å². The van der Waals surface area contributed by atoms with E-state index in [1.165, 1.54) is 0 Å². The van der Waals surface area contributed by atoms with Crippen LogP contribution < -0.4 is 5.32 Å². The van der Waals surface area contributed by atoms with Gasteiger partial charge >= 0.3 is 0 Å². The number of carbonyl (C=O) groups is 1. The number of hydrogen-bond donors (Lipinski definition) is 2. The first-order valence-corrected chi connectivity index (χ1v) is 9.60. The fourth-order valence-corrected chi connectivity index (χ4v) is 4.02. The Labute approximate surface area is 155 Å². The normalized spacial score (nSPS) is 17.4. The molecule has 2 aromatic rings. The molecule has 1 atom stereocenters. The molecule has 1 fully saturated rings. The van der Waals surface area contributed by atoms with Crippen LogP contribution in [-0.2, 0) is 16.9 Å². The Morgan fingerprint density at radius 2 is 2.00 bits per heavy atom. The van der Waals surface area contributed by atoms with E-state index >= 15 is 0 Å². The van der Waals surface area contributed by atoms with Gasteiger partial charge < -0.3 is 15.0 Å². The van der Waals surface area contributed by atoms with Crippen molar-refractivity contribution in [3.63, 3.8) is 0 Å². The highest BCUT2D eigenvalue weighted by Crippen LogP contribution is 2.40. The summed E-state index contributed by atoms with van der Waals surface area (Å²) in [7, 11) is 0. The first kappa shape index (κ1) is 18.6. The number of aliphatic hydroxyl groups is 1. The van der Waals surface area contributed by atoms with Crippen LogP contribution in [0.15, 0.2) is 42.7 Å². The second-order valence-electron chi connectivity index (χ2n) is 7.50. The van der Waals surface area contributed by atoms with Gasteiger partial charge in [-0.2, -0.15) is 0 Å². The van der Waals surface area contributed by atoms with E-state index in [2.05, 4.69) is 28.7 Å². The van der Waals surface area contributed by atoms with E-state index in [0.29, 0.717) is 24.6 Å². The maximum Gasteiger partial charge on any atom is 0.256 e. The van der Waals surface area contributed by atoms with E-state index in [0.717, 1.165) is 31.5 Å². The third-order valence-corrected chi connectivity index (χ3v) is 5.41. The van der Waals surface area contributed by atoms with E-state index in [9.17, 15) is 9.90 Å². The van der Waals surface area contributed by atoms with Crippen LogP contribution in [0.1, 0.15) is 56.8 Å². The van der Waals surface area contributed by atoms with Gasteiger partial charge in [-0.15, -0.1) is 0 Å². The molecule has 1 aromatic carbocycles. The molecule has 1 unspecified atom stereocenters. The highest BCUT2D eigenvalue weighted by Gasteiger charge is 2.46. The van der Waals surface area contributed by atoms with E-state index in [1.807, 2.05) is 36.5 Å². The lowest BCUT2D eigenvalue weighted by atomic mass is 9.79. The Morgan fingerprint density at radius 1 is 1.31 bits per heavy atom. The molecule has 0 radical (unpaired) electrons. The molecule has 0 aliphatic heterocycles. The molecule has 0 saturated heterocycles. The maximum atomic E-state index is 13.0. The summed E-state index contributed by atoms with van der Waals surface area (Å²) in [4.78, 5) is 17.4. The molecule has 5 heteroatoms. The molecule has 1 amide bonds. The summed E-state index contributed by atoms with van der Waals surface area (Å²) in [6, 6.07) is 9.37. The molecular weight excluding hydrogens is 326 g/mol. The van der Waals surface area contributed by atoms with Crippen molar-refractivity contribution < 1.29 is 9.90 Å². The lowest BCUT2D eigenvalue weighted by Crippen LogP contribution is -2.49. The highest BCUT2D eigenvalue weighted by atomic mass is 16.3. The van der Waals surface area contributed by atoms with Crippen LogP contribution in [0.25, 0.3) is 0 Å². The van der Waals surface area contributed by atoms with Crippen LogP contribution in [-0.4, -0.2) is 27.1 Å². The maximum absolute atomic E-state index is 13.0. The summed E-state index contributed by atoms with van der Waals surface area (Å²) in [5, 5.41) is 14.4. The van der Waals surface area contributed by atoms with Crippen molar-refractivity contribution in [3.05, 3.63) is 54.1 Å². The number of hydrogen-bond acceptors (Lipinski definition) is 3. The first-order valence-electron chi connectivity index (χ1n) is 9.60. The number of carbonyl (C=O) groups excluding carboxylic acids is 1. The van der Waals surface area contributed by atoms with Gasteiger partial charge in [-0.1, -0.05) is 57.0 Å². The Morgan fingerprint density at radius 3 is 2.65 bits per heavy atom. The average Bonchev–Trinajstić information content (AvgIpc) is 3.33. The monoisotopic (exact) mass is 355 g/mol. The van der Waals surface area contributed by atoms with Crippen molar-refractivity contribution in [2.75, 3.05) is 6.54 Å². The molecule has 26 heavy (non-hydrogen) atoms. The SMILES string of the molecule is CC(C)c1nccn1CCNC(=O)C(O)(c1ccccc1)C1CCCC1. The molecule has 0 bridgehead atoms. The van der Waals surface area contributed by atoms with Gasteiger partial charge in [-0.05, 0) is 18.4 Å². The number of amides is 1. The minimum Gasteiger partial charge on any atom is -0.375 e.